The molecule has 32 heavy (non-hydrogen) atoms. The average Bonchev–Trinajstić information content (AvgIpc) is 3.48. The predicted molar refractivity (Wildman–Crippen MR) is 119 cm³/mol. The van der Waals surface area contributed by atoms with Crippen LogP contribution in [0.1, 0.15) is 17.4 Å². The van der Waals surface area contributed by atoms with Crippen molar-refractivity contribution >= 4 is 28.1 Å². The molecule has 0 spiro atoms. The van der Waals surface area contributed by atoms with Crippen LogP contribution in [0.25, 0.3) is 11.6 Å². The van der Waals surface area contributed by atoms with Crippen LogP contribution >= 0.6 is 12.2 Å². The highest BCUT2D eigenvalue weighted by atomic mass is 32.2. The van der Waals surface area contributed by atoms with Gasteiger partial charge in [0, 0.05) is 46.0 Å². The van der Waals surface area contributed by atoms with E-state index >= 15 is 0 Å². The first-order valence-corrected chi connectivity index (χ1v) is 12.0. The Bertz CT molecular complexity index is 1280. The minimum absolute atomic E-state index is 0.0641. The molecule has 172 valence electrons. The van der Waals surface area contributed by atoms with Crippen LogP contribution < -0.4 is 5.73 Å². The van der Waals surface area contributed by atoms with Crippen molar-refractivity contribution in [3.63, 3.8) is 0 Å². The van der Waals surface area contributed by atoms with Gasteiger partial charge in [-0.25, -0.2) is 13.1 Å². The SMILES string of the molecule is CCn1c(-c2ccco2)nn(CN2CCN(S(=O)(=O)c3cc(C(N)=O)n(C)c3)CC2)c1=S. The van der Waals surface area contributed by atoms with Gasteiger partial charge in [-0.3, -0.25) is 14.3 Å². The highest BCUT2D eigenvalue weighted by molar-refractivity contribution is 7.89. The number of aromatic nitrogens is 4. The molecule has 1 amide bonds. The number of nitrogens with zero attached hydrogens (tertiary/aromatic N) is 6. The molecule has 0 saturated carbocycles. The molecule has 1 fully saturated rings. The first-order valence-electron chi connectivity index (χ1n) is 10.1. The third-order valence-electron chi connectivity index (χ3n) is 5.52. The lowest BCUT2D eigenvalue weighted by Crippen LogP contribution is -2.48. The Balaban J connectivity index is 1.46. The maximum Gasteiger partial charge on any atom is 0.265 e. The van der Waals surface area contributed by atoms with Gasteiger partial charge in [0.15, 0.2) is 16.4 Å². The summed E-state index contributed by atoms with van der Waals surface area (Å²) in [5.41, 5.74) is 5.46. The number of hydrogen-bond donors (Lipinski definition) is 1. The van der Waals surface area contributed by atoms with Crippen LogP contribution in [-0.4, -0.2) is 68.6 Å². The van der Waals surface area contributed by atoms with Crippen LogP contribution in [0.4, 0.5) is 0 Å². The number of carbonyl (C=O) groups excluding carboxylic acids is 1. The molecule has 0 atom stereocenters. The van der Waals surface area contributed by atoms with Crippen LogP contribution in [0.15, 0.2) is 40.0 Å². The largest absolute Gasteiger partial charge is 0.461 e. The van der Waals surface area contributed by atoms with Crippen molar-refractivity contribution in [1.29, 1.82) is 0 Å². The number of carbonyl (C=O) groups is 1. The predicted octanol–water partition coefficient (Wildman–Crippen LogP) is 1.10. The average molecular weight is 480 g/mol. The number of amides is 1. The van der Waals surface area contributed by atoms with Gasteiger partial charge >= 0.3 is 0 Å². The fourth-order valence-corrected chi connectivity index (χ4v) is 5.58. The molecule has 3 aromatic rings. The molecule has 11 nitrogen and oxygen atoms in total. The van der Waals surface area contributed by atoms with Crippen LogP contribution in [0.2, 0.25) is 0 Å². The maximum absolute atomic E-state index is 13.0. The van der Waals surface area contributed by atoms with Gasteiger partial charge in [0.2, 0.25) is 10.0 Å². The van der Waals surface area contributed by atoms with E-state index in [1.807, 2.05) is 17.6 Å². The number of hydrogen-bond acceptors (Lipinski definition) is 7. The first-order chi connectivity index (χ1) is 15.2. The Labute approximate surface area is 190 Å². The van der Waals surface area contributed by atoms with E-state index in [0.717, 1.165) is 0 Å². The van der Waals surface area contributed by atoms with Crippen molar-refractivity contribution in [3.05, 3.63) is 41.1 Å². The van der Waals surface area contributed by atoms with Gasteiger partial charge in [0.1, 0.15) is 10.6 Å². The lowest BCUT2D eigenvalue weighted by atomic mass is 10.4. The van der Waals surface area contributed by atoms with Gasteiger partial charge < -0.3 is 14.7 Å². The van der Waals surface area contributed by atoms with E-state index in [-0.39, 0.29) is 10.6 Å². The second-order valence-electron chi connectivity index (χ2n) is 7.53. The summed E-state index contributed by atoms with van der Waals surface area (Å²) in [5, 5.41) is 4.62. The molecule has 4 rings (SSSR count). The fourth-order valence-electron chi connectivity index (χ4n) is 3.78. The Morgan fingerprint density at radius 1 is 1.28 bits per heavy atom. The summed E-state index contributed by atoms with van der Waals surface area (Å²) >= 11 is 5.58. The smallest absolute Gasteiger partial charge is 0.265 e. The second-order valence-corrected chi connectivity index (χ2v) is 9.83. The minimum Gasteiger partial charge on any atom is -0.461 e. The third kappa shape index (κ3) is 4.03. The lowest BCUT2D eigenvalue weighted by molar-refractivity contribution is 0.0992. The van der Waals surface area contributed by atoms with Gasteiger partial charge in [-0.15, -0.1) is 5.10 Å². The van der Waals surface area contributed by atoms with Crippen molar-refractivity contribution in [2.45, 2.75) is 25.0 Å². The quantitative estimate of drug-likeness (QED) is 0.503. The van der Waals surface area contributed by atoms with Crippen molar-refractivity contribution in [2.24, 2.45) is 12.8 Å². The van der Waals surface area contributed by atoms with Crippen LogP contribution in [0.3, 0.4) is 0 Å². The number of piperazine rings is 1. The molecule has 13 heteroatoms. The topological polar surface area (TPSA) is 125 Å². The summed E-state index contributed by atoms with van der Waals surface area (Å²) in [7, 11) is -2.13. The molecular formula is C19H25N7O4S2. The Morgan fingerprint density at radius 2 is 2.00 bits per heavy atom. The van der Waals surface area contributed by atoms with Gasteiger partial charge in [0.25, 0.3) is 5.91 Å². The van der Waals surface area contributed by atoms with E-state index < -0.39 is 15.9 Å². The fraction of sp³-hybridized carbons (Fsp3) is 0.421. The summed E-state index contributed by atoms with van der Waals surface area (Å²) in [6, 6.07) is 4.96. The molecule has 1 aliphatic heterocycles. The van der Waals surface area contributed by atoms with E-state index in [4.69, 9.17) is 22.4 Å². The van der Waals surface area contributed by atoms with E-state index in [1.165, 1.54) is 21.1 Å². The minimum atomic E-state index is -3.72. The molecule has 3 aromatic heterocycles. The molecule has 1 aliphatic rings. The van der Waals surface area contributed by atoms with E-state index in [1.54, 1.807) is 24.1 Å². The Morgan fingerprint density at radius 3 is 2.56 bits per heavy atom. The van der Waals surface area contributed by atoms with Crippen molar-refractivity contribution in [1.82, 2.24) is 28.1 Å². The van der Waals surface area contributed by atoms with Crippen molar-refractivity contribution in [3.8, 4) is 11.6 Å². The molecule has 1 saturated heterocycles. The summed E-state index contributed by atoms with van der Waals surface area (Å²) < 4.78 is 38.6. The molecule has 2 N–H and O–H groups in total. The molecule has 0 radical (unpaired) electrons. The van der Waals surface area contributed by atoms with Gasteiger partial charge in [0.05, 0.1) is 12.9 Å². The van der Waals surface area contributed by atoms with Crippen LogP contribution in [0.5, 0.6) is 0 Å². The zero-order chi connectivity index (χ0) is 23.0. The lowest BCUT2D eigenvalue weighted by Gasteiger charge is -2.33. The third-order valence-corrected chi connectivity index (χ3v) is 7.81. The Hall–Kier alpha value is -2.74. The highest BCUT2D eigenvalue weighted by Gasteiger charge is 2.30. The van der Waals surface area contributed by atoms with Crippen molar-refractivity contribution < 1.29 is 17.6 Å². The van der Waals surface area contributed by atoms with Gasteiger partial charge in [-0.2, -0.15) is 4.31 Å². The van der Waals surface area contributed by atoms with E-state index in [2.05, 4.69) is 10.00 Å². The zero-order valence-electron chi connectivity index (χ0n) is 17.8. The normalized spacial score (nSPS) is 15.9. The van der Waals surface area contributed by atoms with E-state index in [9.17, 15) is 13.2 Å². The molecule has 0 aliphatic carbocycles. The number of aryl methyl sites for hydroxylation is 1. The Kier molecular flexibility index (Phi) is 6.07. The van der Waals surface area contributed by atoms with Gasteiger partial charge in [-0.1, -0.05) is 0 Å². The summed E-state index contributed by atoms with van der Waals surface area (Å²) in [6.07, 6.45) is 3.00. The summed E-state index contributed by atoms with van der Waals surface area (Å²) in [4.78, 5) is 13.6. The highest BCUT2D eigenvalue weighted by Crippen LogP contribution is 2.21. The number of nitrogens with two attached hydrogens (primary N) is 1. The summed E-state index contributed by atoms with van der Waals surface area (Å²) in [5.74, 6) is 0.639. The number of furan rings is 1. The first kappa shape index (κ1) is 22.5. The standard InChI is InChI=1S/C19H25N7O4S2/c1-3-25-18(16-5-4-10-30-16)21-26(19(25)31)13-23-6-8-24(9-7-23)32(28,29)14-11-15(17(20)27)22(2)12-14/h4-5,10-12H,3,6-9,13H2,1-2H3,(H2,20,27). The zero-order valence-corrected chi connectivity index (χ0v) is 19.5. The molecule has 0 aromatic carbocycles. The van der Waals surface area contributed by atoms with Crippen LogP contribution in [-0.2, 0) is 30.3 Å². The van der Waals surface area contributed by atoms with E-state index in [0.29, 0.717) is 55.7 Å². The molecular weight excluding hydrogens is 454 g/mol. The molecule has 4 heterocycles. The maximum atomic E-state index is 13.0. The van der Waals surface area contributed by atoms with Crippen molar-refractivity contribution in [2.75, 3.05) is 26.2 Å². The number of sulfonamides is 1. The monoisotopic (exact) mass is 479 g/mol. The number of rotatable bonds is 7. The summed E-state index contributed by atoms with van der Waals surface area (Å²) in [6.45, 7) is 4.77. The number of primary amides is 1. The van der Waals surface area contributed by atoms with Crippen LogP contribution in [0, 0.1) is 4.77 Å². The molecule has 0 bridgehead atoms. The van der Waals surface area contributed by atoms with Gasteiger partial charge in [-0.05, 0) is 37.3 Å². The molecule has 0 unspecified atom stereocenters. The second kappa shape index (κ2) is 8.65.